The zero-order valence-corrected chi connectivity index (χ0v) is 10.3. The molecule has 0 radical (unpaired) electrons. The first-order valence-electron chi connectivity index (χ1n) is 5.73. The fourth-order valence-electron chi connectivity index (χ4n) is 1.71. The van der Waals surface area contributed by atoms with Crippen molar-refractivity contribution in [2.45, 2.75) is 20.4 Å². The second-order valence-electron chi connectivity index (χ2n) is 3.96. The molecule has 0 aliphatic rings. The maximum atomic E-state index is 14.0. The van der Waals surface area contributed by atoms with Crippen molar-refractivity contribution in [3.8, 4) is 11.3 Å². The maximum absolute atomic E-state index is 14.0. The fraction of sp³-hybridized carbons (Fsp3) is 0.308. The Hall–Kier alpha value is -1.75. The maximum Gasteiger partial charge on any atom is 0.181 e. The Morgan fingerprint density at radius 2 is 2.11 bits per heavy atom. The number of aryl methyl sites for hydroxylation is 1. The Labute approximate surface area is 104 Å². The zero-order chi connectivity index (χ0) is 13.1. The van der Waals surface area contributed by atoms with E-state index < -0.39 is 11.6 Å². The third kappa shape index (κ3) is 2.26. The Morgan fingerprint density at radius 3 is 2.83 bits per heavy atom. The molecule has 0 aliphatic heterocycles. The third-order valence-corrected chi connectivity index (χ3v) is 2.69. The van der Waals surface area contributed by atoms with Crippen LogP contribution in [0.3, 0.4) is 0 Å². The van der Waals surface area contributed by atoms with Gasteiger partial charge < -0.3 is 9.73 Å². The topological polar surface area (TPSA) is 38.1 Å². The summed E-state index contributed by atoms with van der Waals surface area (Å²) in [5.41, 5.74) is 0.720. The summed E-state index contributed by atoms with van der Waals surface area (Å²) in [4.78, 5) is 3.98. The lowest BCUT2D eigenvalue weighted by Crippen LogP contribution is -2.13. The molecule has 0 aliphatic carbocycles. The van der Waals surface area contributed by atoms with Crippen LogP contribution in [0.15, 0.2) is 22.9 Å². The summed E-state index contributed by atoms with van der Waals surface area (Å²) in [6, 6.07) is 2.63. The molecule has 96 valence electrons. The van der Waals surface area contributed by atoms with E-state index in [1.807, 2.05) is 6.92 Å². The van der Waals surface area contributed by atoms with Crippen LogP contribution < -0.4 is 5.32 Å². The number of benzene rings is 1. The minimum atomic E-state index is -0.646. The molecule has 2 aromatic rings. The van der Waals surface area contributed by atoms with Crippen LogP contribution in [0, 0.1) is 18.6 Å². The number of oxazole rings is 1. The number of aromatic nitrogens is 1. The molecule has 0 unspecified atom stereocenters. The molecule has 1 aromatic heterocycles. The summed E-state index contributed by atoms with van der Waals surface area (Å²) in [7, 11) is 0. The molecule has 0 fully saturated rings. The van der Waals surface area contributed by atoms with Crippen LogP contribution in [0.4, 0.5) is 8.78 Å². The number of hydrogen-bond acceptors (Lipinski definition) is 3. The van der Waals surface area contributed by atoms with Crippen LogP contribution in [0.2, 0.25) is 0 Å². The molecule has 5 heteroatoms. The molecule has 0 amide bonds. The summed E-state index contributed by atoms with van der Waals surface area (Å²) in [5.74, 6) is -1.10. The van der Waals surface area contributed by atoms with Gasteiger partial charge in [0.2, 0.25) is 0 Å². The van der Waals surface area contributed by atoms with Crippen LogP contribution in [-0.4, -0.2) is 11.5 Å². The lowest BCUT2D eigenvalue weighted by Gasteiger charge is -2.06. The lowest BCUT2D eigenvalue weighted by atomic mass is 10.1. The van der Waals surface area contributed by atoms with Gasteiger partial charge in [0.1, 0.15) is 17.3 Å². The molecule has 0 saturated carbocycles. The molecular weight excluding hydrogens is 238 g/mol. The van der Waals surface area contributed by atoms with Crippen LogP contribution in [0.1, 0.15) is 18.2 Å². The Kier molecular flexibility index (Phi) is 3.72. The Morgan fingerprint density at radius 1 is 1.33 bits per heavy atom. The highest BCUT2D eigenvalue weighted by atomic mass is 19.1. The molecule has 1 aromatic carbocycles. The minimum absolute atomic E-state index is 0.148. The molecule has 18 heavy (non-hydrogen) atoms. The van der Waals surface area contributed by atoms with Gasteiger partial charge in [-0.3, -0.25) is 0 Å². The quantitative estimate of drug-likeness (QED) is 0.908. The second kappa shape index (κ2) is 5.27. The van der Waals surface area contributed by atoms with Gasteiger partial charge in [-0.15, -0.1) is 0 Å². The predicted octanol–water partition coefficient (Wildman–Crippen LogP) is 3.04. The molecule has 1 N–H and O–H groups in total. The Bertz CT molecular complexity index is 552. The van der Waals surface area contributed by atoms with Crippen molar-refractivity contribution in [1.29, 1.82) is 0 Å². The van der Waals surface area contributed by atoms with E-state index in [0.717, 1.165) is 6.54 Å². The predicted molar refractivity (Wildman–Crippen MR) is 64.0 cm³/mol. The SMILES string of the molecule is CCNCc1ncoc1-c1c(F)ccc(C)c1F. The van der Waals surface area contributed by atoms with Crippen molar-refractivity contribution in [3.63, 3.8) is 0 Å². The van der Waals surface area contributed by atoms with E-state index in [2.05, 4.69) is 10.3 Å². The first-order chi connectivity index (χ1) is 8.65. The van der Waals surface area contributed by atoms with E-state index in [0.29, 0.717) is 17.8 Å². The van der Waals surface area contributed by atoms with Gasteiger partial charge in [0.15, 0.2) is 12.2 Å². The first kappa shape index (κ1) is 12.7. The molecular formula is C13H14F2N2O. The van der Waals surface area contributed by atoms with Crippen molar-refractivity contribution in [2.24, 2.45) is 0 Å². The highest BCUT2D eigenvalue weighted by molar-refractivity contribution is 5.62. The van der Waals surface area contributed by atoms with Gasteiger partial charge in [-0.05, 0) is 25.1 Å². The summed E-state index contributed by atoms with van der Waals surface area (Å²) in [6.07, 6.45) is 1.20. The van der Waals surface area contributed by atoms with Crippen molar-refractivity contribution >= 4 is 0 Å². The average molecular weight is 252 g/mol. The monoisotopic (exact) mass is 252 g/mol. The van der Waals surface area contributed by atoms with E-state index in [-0.39, 0.29) is 11.3 Å². The summed E-state index contributed by atoms with van der Waals surface area (Å²) >= 11 is 0. The van der Waals surface area contributed by atoms with E-state index in [1.54, 1.807) is 6.92 Å². The van der Waals surface area contributed by atoms with Gasteiger partial charge in [0.05, 0.1) is 5.56 Å². The summed E-state index contributed by atoms with van der Waals surface area (Å²) in [6.45, 7) is 4.67. The number of halogens is 2. The molecule has 0 atom stereocenters. The van der Waals surface area contributed by atoms with Crippen molar-refractivity contribution < 1.29 is 13.2 Å². The van der Waals surface area contributed by atoms with E-state index in [1.165, 1.54) is 18.5 Å². The third-order valence-electron chi connectivity index (χ3n) is 2.69. The van der Waals surface area contributed by atoms with Crippen molar-refractivity contribution in [3.05, 3.63) is 41.4 Å². The fourth-order valence-corrected chi connectivity index (χ4v) is 1.71. The standard InChI is InChI=1S/C13H14F2N2O/c1-3-16-6-10-13(18-7-17-10)11-9(14)5-4-8(2)12(11)15/h4-5,7,16H,3,6H2,1-2H3. The number of rotatable bonds is 4. The van der Waals surface area contributed by atoms with E-state index in [9.17, 15) is 8.78 Å². The number of hydrogen-bond donors (Lipinski definition) is 1. The number of nitrogens with one attached hydrogen (secondary N) is 1. The molecule has 3 nitrogen and oxygen atoms in total. The van der Waals surface area contributed by atoms with Gasteiger partial charge >= 0.3 is 0 Å². The lowest BCUT2D eigenvalue weighted by molar-refractivity contribution is 0.539. The molecule has 1 heterocycles. The Balaban J connectivity index is 2.49. The molecule has 0 bridgehead atoms. The van der Waals surface area contributed by atoms with Crippen LogP contribution in [-0.2, 0) is 6.54 Å². The van der Waals surface area contributed by atoms with Crippen LogP contribution in [0.25, 0.3) is 11.3 Å². The summed E-state index contributed by atoms with van der Waals surface area (Å²) in [5, 5.41) is 3.05. The minimum Gasteiger partial charge on any atom is -0.443 e. The van der Waals surface area contributed by atoms with Crippen molar-refractivity contribution in [1.82, 2.24) is 10.3 Å². The van der Waals surface area contributed by atoms with Gasteiger partial charge in [-0.25, -0.2) is 13.8 Å². The summed E-state index contributed by atoms with van der Waals surface area (Å²) < 4.78 is 32.9. The smallest absolute Gasteiger partial charge is 0.181 e. The number of nitrogens with zero attached hydrogens (tertiary/aromatic N) is 1. The van der Waals surface area contributed by atoms with Gasteiger partial charge in [-0.1, -0.05) is 13.0 Å². The van der Waals surface area contributed by atoms with Gasteiger partial charge in [0.25, 0.3) is 0 Å². The highest BCUT2D eigenvalue weighted by Gasteiger charge is 2.20. The molecule has 0 saturated heterocycles. The second-order valence-corrected chi connectivity index (χ2v) is 3.96. The largest absolute Gasteiger partial charge is 0.443 e. The van der Waals surface area contributed by atoms with Crippen LogP contribution >= 0.6 is 0 Å². The molecule has 2 rings (SSSR count). The van der Waals surface area contributed by atoms with E-state index >= 15 is 0 Å². The average Bonchev–Trinajstić information content (AvgIpc) is 2.80. The first-order valence-corrected chi connectivity index (χ1v) is 5.73. The highest BCUT2D eigenvalue weighted by Crippen LogP contribution is 2.30. The normalized spacial score (nSPS) is 10.9. The van der Waals surface area contributed by atoms with Gasteiger partial charge in [0, 0.05) is 6.54 Å². The van der Waals surface area contributed by atoms with Crippen LogP contribution in [0.5, 0.6) is 0 Å². The molecule has 0 spiro atoms. The van der Waals surface area contributed by atoms with Gasteiger partial charge in [-0.2, -0.15) is 0 Å². The van der Waals surface area contributed by atoms with Crippen molar-refractivity contribution in [2.75, 3.05) is 6.54 Å². The zero-order valence-electron chi connectivity index (χ0n) is 10.3. The van der Waals surface area contributed by atoms with E-state index in [4.69, 9.17) is 4.42 Å².